The standard InChI is InChI=1S/C18H23NO2/c1-14(20)18(13-19,16-9-4-3-5-10-16)12-15-8-6-7-11-17(15)21-2/h3-11,14,20H,12-13,19H2,1-2H3. The number of benzene rings is 2. The molecule has 2 aromatic carbocycles. The average Bonchev–Trinajstić information content (AvgIpc) is 2.53. The fraction of sp³-hybridized carbons (Fsp3) is 0.333. The summed E-state index contributed by atoms with van der Waals surface area (Å²) in [6, 6.07) is 17.8. The van der Waals surface area contributed by atoms with Gasteiger partial charge in [-0.2, -0.15) is 0 Å². The van der Waals surface area contributed by atoms with E-state index in [1.165, 1.54) is 0 Å². The van der Waals surface area contributed by atoms with Gasteiger partial charge in [-0.3, -0.25) is 0 Å². The van der Waals surface area contributed by atoms with Crippen LogP contribution in [0.25, 0.3) is 0 Å². The summed E-state index contributed by atoms with van der Waals surface area (Å²) in [5.41, 5.74) is 7.66. The molecule has 0 aliphatic rings. The van der Waals surface area contributed by atoms with Crippen molar-refractivity contribution >= 4 is 0 Å². The molecule has 21 heavy (non-hydrogen) atoms. The zero-order chi connectivity index (χ0) is 15.3. The second-order valence-corrected chi connectivity index (χ2v) is 5.39. The maximum absolute atomic E-state index is 10.4. The molecule has 3 nitrogen and oxygen atoms in total. The van der Waals surface area contributed by atoms with Gasteiger partial charge in [0, 0.05) is 12.0 Å². The van der Waals surface area contributed by atoms with Gasteiger partial charge < -0.3 is 15.6 Å². The summed E-state index contributed by atoms with van der Waals surface area (Å²) in [5.74, 6) is 0.826. The first-order valence-electron chi connectivity index (χ1n) is 7.19. The molecule has 2 rings (SSSR count). The Morgan fingerprint density at radius 1 is 1.10 bits per heavy atom. The monoisotopic (exact) mass is 285 g/mol. The van der Waals surface area contributed by atoms with Gasteiger partial charge in [0.2, 0.25) is 0 Å². The van der Waals surface area contributed by atoms with Crippen LogP contribution < -0.4 is 10.5 Å². The van der Waals surface area contributed by atoms with Gasteiger partial charge in [-0.1, -0.05) is 48.5 Å². The molecule has 0 heterocycles. The van der Waals surface area contributed by atoms with Crippen molar-refractivity contribution in [1.29, 1.82) is 0 Å². The number of aliphatic hydroxyl groups excluding tert-OH is 1. The Bertz CT molecular complexity index is 568. The minimum atomic E-state index is -0.560. The number of hydrogen-bond donors (Lipinski definition) is 2. The molecule has 2 unspecified atom stereocenters. The molecule has 0 aromatic heterocycles. The van der Waals surface area contributed by atoms with E-state index < -0.39 is 11.5 Å². The average molecular weight is 285 g/mol. The van der Waals surface area contributed by atoms with Gasteiger partial charge in [0.1, 0.15) is 5.75 Å². The van der Waals surface area contributed by atoms with Crippen LogP contribution in [0.5, 0.6) is 5.75 Å². The summed E-state index contributed by atoms with van der Waals surface area (Å²) in [6.45, 7) is 2.17. The van der Waals surface area contributed by atoms with E-state index in [1.807, 2.05) is 54.6 Å². The summed E-state index contributed by atoms with van der Waals surface area (Å²) in [7, 11) is 1.66. The Balaban J connectivity index is 2.47. The minimum Gasteiger partial charge on any atom is -0.496 e. The van der Waals surface area contributed by atoms with Gasteiger partial charge in [0.25, 0.3) is 0 Å². The third-order valence-electron chi connectivity index (χ3n) is 4.21. The molecule has 0 saturated carbocycles. The van der Waals surface area contributed by atoms with E-state index in [1.54, 1.807) is 14.0 Å². The SMILES string of the molecule is COc1ccccc1CC(CN)(c1ccccc1)C(C)O. The fourth-order valence-electron chi connectivity index (χ4n) is 2.81. The fourth-order valence-corrected chi connectivity index (χ4v) is 2.81. The lowest BCUT2D eigenvalue weighted by Gasteiger charge is -2.36. The molecule has 0 bridgehead atoms. The lowest BCUT2D eigenvalue weighted by molar-refractivity contribution is 0.0997. The van der Waals surface area contributed by atoms with Crippen LogP contribution in [0.4, 0.5) is 0 Å². The van der Waals surface area contributed by atoms with Crippen LogP contribution >= 0.6 is 0 Å². The first kappa shape index (κ1) is 15.5. The topological polar surface area (TPSA) is 55.5 Å². The number of aliphatic hydroxyl groups is 1. The summed E-state index contributed by atoms with van der Waals surface area (Å²) in [6.07, 6.45) is 0.0738. The third-order valence-corrected chi connectivity index (χ3v) is 4.21. The largest absolute Gasteiger partial charge is 0.496 e. The Morgan fingerprint density at radius 2 is 1.71 bits per heavy atom. The molecule has 2 aromatic rings. The van der Waals surface area contributed by atoms with E-state index >= 15 is 0 Å². The van der Waals surface area contributed by atoms with E-state index in [2.05, 4.69) is 0 Å². The molecular weight excluding hydrogens is 262 g/mol. The first-order valence-corrected chi connectivity index (χ1v) is 7.19. The van der Waals surface area contributed by atoms with Crippen molar-refractivity contribution in [3.63, 3.8) is 0 Å². The quantitative estimate of drug-likeness (QED) is 0.857. The van der Waals surface area contributed by atoms with E-state index in [-0.39, 0.29) is 0 Å². The van der Waals surface area contributed by atoms with Crippen molar-refractivity contribution < 1.29 is 9.84 Å². The number of para-hydroxylation sites is 1. The van der Waals surface area contributed by atoms with Crippen molar-refractivity contribution in [2.75, 3.05) is 13.7 Å². The van der Waals surface area contributed by atoms with Crippen molar-refractivity contribution in [3.05, 3.63) is 65.7 Å². The highest BCUT2D eigenvalue weighted by Gasteiger charge is 2.36. The van der Waals surface area contributed by atoms with E-state index in [0.29, 0.717) is 13.0 Å². The van der Waals surface area contributed by atoms with Crippen molar-refractivity contribution in [2.45, 2.75) is 24.9 Å². The number of nitrogens with two attached hydrogens (primary N) is 1. The lowest BCUT2D eigenvalue weighted by atomic mass is 9.71. The molecule has 0 saturated heterocycles. The second-order valence-electron chi connectivity index (χ2n) is 5.39. The Hall–Kier alpha value is -1.84. The highest BCUT2D eigenvalue weighted by atomic mass is 16.5. The van der Waals surface area contributed by atoms with Gasteiger partial charge in [-0.05, 0) is 30.5 Å². The zero-order valence-corrected chi connectivity index (χ0v) is 12.6. The Labute approximate surface area is 126 Å². The highest BCUT2D eigenvalue weighted by Crippen LogP contribution is 2.34. The Kier molecular flexibility index (Phi) is 4.99. The molecule has 0 spiro atoms. The van der Waals surface area contributed by atoms with Crippen LogP contribution in [0.2, 0.25) is 0 Å². The van der Waals surface area contributed by atoms with Crippen LogP contribution in [0, 0.1) is 0 Å². The maximum Gasteiger partial charge on any atom is 0.122 e. The molecule has 2 atom stereocenters. The zero-order valence-electron chi connectivity index (χ0n) is 12.6. The van der Waals surface area contributed by atoms with Crippen LogP contribution in [0.3, 0.4) is 0 Å². The van der Waals surface area contributed by atoms with E-state index in [4.69, 9.17) is 10.5 Å². The number of rotatable bonds is 6. The van der Waals surface area contributed by atoms with Gasteiger partial charge in [0.05, 0.1) is 13.2 Å². The molecule has 0 amide bonds. The van der Waals surface area contributed by atoms with Crippen LogP contribution in [-0.2, 0) is 11.8 Å². The Morgan fingerprint density at radius 3 is 2.29 bits per heavy atom. The molecule has 112 valence electrons. The van der Waals surface area contributed by atoms with E-state index in [9.17, 15) is 5.11 Å². The smallest absolute Gasteiger partial charge is 0.122 e. The lowest BCUT2D eigenvalue weighted by Crippen LogP contribution is -2.46. The van der Waals surface area contributed by atoms with Gasteiger partial charge >= 0.3 is 0 Å². The summed E-state index contributed by atoms with van der Waals surface area (Å²) in [5, 5.41) is 10.4. The molecule has 3 N–H and O–H groups in total. The molecule has 0 aliphatic heterocycles. The van der Waals surface area contributed by atoms with Crippen LogP contribution in [0.1, 0.15) is 18.1 Å². The maximum atomic E-state index is 10.4. The van der Waals surface area contributed by atoms with Crippen LogP contribution in [-0.4, -0.2) is 24.9 Å². The van der Waals surface area contributed by atoms with Crippen molar-refractivity contribution in [3.8, 4) is 5.75 Å². The van der Waals surface area contributed by atoms with Gasteiger partial charge in [-0.25, -0.2) is 0 Å². The van der Waals surface area contributed by atoms with Crippen molar-refractivity contribution in [2.24, 2.45) is 5.73 Å². The number of ether oxygens (including phenoxy) is 1. The normalized spacial score (nSPS) is 15.2. The number of methoxy groups -OCH3 is 1. The van der Waals surface area contributed by atoms with E-state index in [0.717, 1.165) is 16.9 Å². The van der Waals surface area contributed by atoms with Gasteiger partial charge in [0.15, 0.2) is 0 Å². The number of hydrogen-bond acceptors (Lipinski definition) is 3. The van der Waals surface area contributed by atoms with Crippen LogP contribution in [0.15, 0.2) is 54.6 Å². The van der Waals surface area contributed by atoms with Crippen molar-refractivity contribution in [1.82, 2.24) is 0 Å². The second kappa shape index (κ2) is 6.74. The molecular formula is C18H23NO2. The molecule has 0 fully saturated rings. The predicted octanol–water partition coefficient (Wildman–Crippen LogP) is 2.52. The minimum absolute atomic E-state index is 0.368. The molecule has 3 heteroatoms. The molecule has 0 aliphatic carbocycles. The summed E-state index contributed by atoms with van der Waals surface area (Å²) < 4.78 is 5.43. The summed E-state index contributed by atoms with van der Waals surface area (Å²) >= 11 is 0. The first-order chi connectivity index (χ1) is 10.1. The molecule has 0 radical (unpaired) electrons. The van der Waals surface area contributed by atoms with Gasteiger partial charge in [-0.15, -0.1) is 0 Å². The highest BCUT2D eigenvalue weighted by molar-refractivity contribution is 5.38. The summed E-state index contributed by atoms with van der Waals surface area (Å²) in [4.78, 5) is 0. The third kappa shape index (κ3) is 3.09. The predicted molar refractivity (Wildman–Crippen MR) is 85.6 cm³/mol.